The molecular formula is C23H22FN3O2S. The largest absolute Gasteiger partial charge is 0.482 e. The molecule has 0 bridgehead atoms. The summed E-state index contributed by atoms with van der Waals surface area (Å²) in [6.45, 7) is 5.96. The summed E-state index contributed by atoms with van der Waals surface area (Å²) in [4.78, 5) is 19.5. The number of ether oxygens (including phenoxy) is 1. The predicted molar refractivity (Wildman–Crippen MR) is 119 cm³/mol. The third-order valence-corrected chi connectivity index (χ3v) is 6.60. The van der Waals surface area contributed by atoms with E-state index in [1.807, 2.05) is 43.9 Å². The third-order valence-electron chi connectivity index (χ3n) is 5.65. The van der Waals surface area contributed by atoms with Crippen LogP contribution in [0.2, 0.25) is 0 Å². The number of halogens is 1. The zero-order valence-corrected chi connectivity index (χ0v) is 17.7. The SMILES string of the molecule is CC1(C)O/C(=C2/C(=O)Nc3cc(F)ccc32)C=C1c1ccnc(N2CCSCC2)c1. The van der Waals surface area contributed by atoms with Gasteiger partial charge in [-0.25, -0.2) is 9.37 Å². The molecule has 7 heteroatoms. The molecule has 0 radical (unpaired) electrons. The van der Waals surface area contributed by atoms with E-state index in [0.717, 1.165) is 41.5 Å². The average Bonchev–Trinajstić information content (AvgIpc) is 3.22. The summed E-state index contributed by atoms with van der Waals surface area (Å²) in [5.74, 6) is 3.02. The highest BCUT2D eigenvalue weighted by Crippen LogP contribution is 2.44. The normalized spacial score (nSPS) is 22.4. The van der Waals surface area contributed by atoms with Crippen LogP contribution in [0.4, 0.5) is 15.9 Å². The molecule has 0 atom stereocenters. The van der Waals surface area contributed by atoms with Crippen molar-refractivity contribution < 1.29 is 13.9 Å². The topological polar surface area (TPSA) is 54.5 Å². The first kappa shape index (κ1) is 19.2. The lowest BCUT2D eigenvalue weighted by Crippen LogP contribution is -2.33. The number of fused-ring (bicyclic) bond motifs is 1. The maximum Gasteiger partial charge on any atom is 0.260 e. The minimum Gasteiger partial charge on any atom is -0.482 e. The number of carbonyl (C=O) groups is 1. The summed E-state index contributed by atoms with van der Waals surface area (Å²) in [5, 5.41) is 2.73. The van der Waals surface area contributed by atoms with Crippen LogP contribution in [-0.4, -0.2) is 41.1 Å². The van der Waals surface area contributed by atoms with Gasteiger partial charge in [-0.3, -0.25) is 4.79 Å². The first-order valence-corrected chi connectivity index (χ1v) is 11.1. The van der Waals surface area contributed by atoms with E-state index in [9.17, 15) is 9.18 Å². The van der Waals surface area contributed by atoms with E-state index in [1.54, 1.807) is 6.07 Å². The van der Waals surface area contributed by atoms with Crippen LogP contribution < -0.4 is 10.2 Å². The van der Waals surface area contributed by atoms with E-state index >= 15 is 0 Å². The molecule has 1 saturated heterocycles. The van der Waals surface area contributed by atoms with Crippen molar-refractivity contribution in [3.63, 3.8) is 0 Å². The second-order valence-electron chi connectivity index (χ2n) is 8.06. The molecule has 1 amide bonds. The van der Waals surface area contributed by atoms with Gasteiger partial charge in [0.05, 0.1) is 11.3 Å². The molecule has 0 aliphatic carbocycles. The molecule has 0 unspecified atom stereocenters. The van der Waals surface area contributed by atoms with Gasteiger partial charge in [-0.15, -0.1) is 0 Å². The molecule has 1 N–H and O–H groups in total. The number of amides is 1. The Balaban J connectivity index is 1.56. The maximum absolute atomic E-state index is 13.6. The van der Waals surface area contributed by atoms with Crippen molar-refractivity contribution >= 4 is 40.3 Å². The molecule has 3 aliphatic rings. The van der Waals surface area contributed by atoms with Crippen molar-refractivity contribution in [1.82, 2.24) is 4.98 Å². The Hall–Kier alpha value is -2.80. The standard InChI is InChI=1S/C23H22FN3O2S/c1-23(2)17(14-5-6-25-20(11-14)27-7-9-30-10-8-27)13-19(29-23)21-16-4-3-15(24)12-18(16)26-22(21)28/h3-6,11-13H,7-10H2,1-2H3,(H,26,28)/b21-19+. The molecule has 0 saturated carbocycles. The molecule has 5 rings (SSSR count). The van der Waals surface area contributed by atoms with E-state index < -0.39 is 5.60 Å². The first-order chi connectivity index (χ1) is 14.4. The predicted octanol–water partition coefficient (Wildman–Crippen LogP) is 4.33. The van der Waals surface area contributed by atoms with Gasteiger partial charge in [0, 0.05) is 41.9 Å². The molecule has 5 nitrogen and oxygen atoms in total. The van der Waals surface area contributed by atoms with Gasteiger partial charge in [-0.1, -0.05) is 0 Å². The smallest absolute Gasteiger partial charge is 0.260 e. The number of thioether (sulfide) groups is 1. The lowest BCUT2D eigenvalue weighted by atomic mass is 9.92. The molecule has 154 valence electrons. The van der Waals surface area contributed by atoms with Crippen LogP contribution in [0.5, 0.6) is 0 Å². The monoisotopic (exact) mass is 423 g/mol. The minimum absolute atomic E-state index is 0.278. The van der Waals surface area contributed by atoms with Gasteiger partial charge in [0.25, 0.3) is 5.91 Å². The Kier molecular flexibility index (Phi) is 4.58. The molecular weight excluding hydrogens is 401 g/mol. The summed E-state index contributed by atoms with van der Waals surface area (Å²) in [6.07, 6.45) is 3.76. The van der Waals surface area contributed by atoms with Crippen molar-refractivity contribution in [3.8, 4) is 0 Å². The highest BCUT2D eigenvalue weighted by atomic mass is 32.2. The average molecular weight is 424 g/mol. The van der Waals surface area contributed by atoms with Crippen LogP contribution in [-0.2, 0) is 9.53 Å². The quantitative estimate of drug-likeness (QED) is 0.729. The number of hydrogen-bond acceptors (Lipinski definition) is 5. The molecule has 3 aliphatic heterocycles. The Morgan fingerprint density at radius 3 is 2.80 bits per heavy atom. The van der Waals surface area contributed by atoms with Crippen molar-refractivity contribution in [1.29, 1.82) is 0 Å². The summed E-state index contributed by atoms with van der Waals surface area (Å²) < 4.78 is 19.8. The Labute approximate surface area is 179 Å². The fraction of sp³-hybridized carbons (Fsp3) is 0.304. The summed E-state index contributed by atoms with van der Waals surface area (Å²) in [5.41, 5.74) is 2.98. The van der Waals surface area contributed by atoms with Crippen LogP contribution in [0, 0.1) is 5.82 Å². The Bertz CT molecular complexity index is 1100. The van der Waals surface area contributed by atoms with E-state index in [0.29, 0.717) is 22.6 Å². The van der Waals surface area contributed by atoms with Crippen LogP contribution in [0.15, 0.2) is 48.4 Å². The molecule has 0 spiro atoms. The number of nitrogens with one attached hydrogen (secondary N) is 1. The lowest BCUT2D eigenvalue weighted by molar-refractivity contribution is -0.111. The molecule has 1 fully saturated rings. The van der Waals surface area contributed by atoms with Gasteiger partial charge in [-0.05, 0) is 55.8 Å². The molecule has 4 heterocycles. The van der Waals surface area contributed by atoms with Crippen molar-refractivity contribution in [2.45, 2.75) is 19.4 Å². The van der Waals surface area contributed by atoms with Crippen LogP contribution in [0.3, 0.4) is 0 Å². The van der Waals surface area contributed by atoms with Gasteiger partial charge < -0.3 is 15.0 Å². The van der Waals surface area contributed by atoms with E-state index in [1.165, 1.54) is 12.1 Å². The van der Waals surface area contributed by atoms with Crippen molar-refractivity contribution in [2.75, 3.05) is 34.8 Å². The number of benzene rings is 1. The third kappa shape index (κ3) is 3.27. The van der Waals surface area contributed by atoms with Crippen molar-refractivity contribution in [2.24, 2.45) is 0 Å². The summed E-state index contributed by atoms with van der Waals surface area (Å²) >= 11 is 1.96. The zero-order valence-electron chi connectivity index (χ0n) is 16.9. The number of anilines is 2. The number of rotatable bonds is 2. The highest BCUT2D eigenvalue weighted by molar-refractivity contribution is 7.99. The number of carbonyl (C=O) groups excluding carboxylic acids is 1. The second kappa shape index (κ2) is 7.16. The van der Waals surface area contributed by atoms with Crippen LogP contribution >= 0.6 is 11.8 Å². The number of allylic oxidation sites excluding steroid dienone is 1. The lowest BCUT2D eigenvalue weighted by Gasteiger charge is -2.28. The fourth-order valence-electron chi connectivity index (χ4n) is 4.16. The van der Waals surface area contributed by atoms with Gasteiger partial charge in [0.1, 0.15) is 23.0 Å². The molecule has 30 heavy (non-hydrogen) atoms. The van der Waals surface area contributed by atoms with Crippen molar-refractivity contribution in [3.05, 3.63) is 65.3 Å². The maximum atomic E-state index is 13.6. The Morgan fingerprint density at radius 2 is 2.00 bits per heavy atom. The molecule has 1 aromatic carbocycles. The number of aromatic nitrogens is 1. The van der Waals surface area contributed by atoms with Gasteiger partial charge in [0.15, 0.2) is 0 Å². The summed E-state index contributed by atoms with van der Waals surface area (Å²) in [6, 6.07) is 8.38. The van der Waals surface area contributed by atoms with Crippen LogP contribution in [0.1, 0.15) is 25.0 Å². The van der Waals surface area contributed by atoms with Gasteiger partial charge in [0.2, 0.25) is 0 Å². The minimum atomic E-state index is -0.609. The first-order valence-electron chi connectivity index (χ1n) is 9.98. The highest BCUT2D eigenvalue weighted by Gasteiger charge is 2.38. The Morgan fingerprint density at radius 1 is 1.20 bits per heavy atom. The van der Waals surface area contributed by atoms with Crippen LogP contribution in [0.25, 0.3) is 11.1 Å². The fourth-order valence-corrected chi connectivity index (χ4v) is 5.06. The zero-order chi connectivity index (χ0) is 20.9. The number of nitrogens with zero attached hydrogens (tertiary/aromatic N) is 2. The van der Waals surface area contributed by atoms with E-state index in [-0.39, 0.29) is 11.7 Å². The number of hydrogen-bond donors (Lipinski definition) is 1. The second-order valence-corrected chi connectivity index (χ2v) is 9.28. The molecule has 1 aromatic heterocycles. The van der Waals surface area contributed by atoms with Gasteiger partial charge in [-0.2, -0.15) is 11.8 Å². The summed E-state index contributed by atoms with van der Waals surface area (Å²) in [7, 11) is 0. The van der Waals surface area contributed by atoms with E-state index in [4.69, 9.17) is 4.74 Å². The molecule has 2 aromatic rings. The van der Waals surface area contributed by atoms with E-state index in [2.05, 4.69) is 21.3 Å². The van der Waals surface area contributed by atoms with Gasteiger partial charge >= 0.3 is 0 Å². The number of pyridine rings is 1.